The third-order valence-electron chi connectivity index (χ3n) is 5.30. The van der Waals surface area contributed by atoms with Crippen LogP contribution >= 0.6 is 0 Å². The van der Waals surface area contributed by atoms with Gasteiger partial charge in [0.05, 0.1) is 0 Å². The third kappa shape index (κ3) is 3.73. The number of benzene rings is 1. The van der Waals surface area contributed by atoms with Gasteiger partial charge in [0.25, 0.3) is 0 Å². The topological polar surface area (TPSA) is 44.8 Å². The molecule has 1 aromatic rings. The van der Waals surface area contributed by atoms with Gasteiger partial charge in [-0.15, -0.1) is 0 Å². The summed E-state index contributed by atoms with van der Waals surface area (Å²) in [7, 11) is 3.86. The van der Waals surface area contributed by atoms with E-state index in [1.165, 1.54) is 16.8 Å². The average Bonchev–Trinajstić information content (AvgIpc) is 3.11. The van der Waals surface area contributed by atoms with Crippen molar-refractivity contribution in [3.63, 3.8) is 0 Å². The summed E-state index contributed by atoms with van der Waals surface area (Å²) in [5.74, 6) is 0.264. The fourth-order valence-corrected chi connectivity index (χ4v) is 3.83. The van der Waals surface area contributed by atoms with Crippen LogP contribution in [0.3, 0.4) is 0 Å². The lowest BCUT2D eigenvalue weighted by Gasteiger charge is -2.31. The van der Waals surface area contributed by atoms with Gasteiger partial charge in [0, 0.05) is 58.5 Å². The SMILES string of the molecule is COCCCC(=O)N1CC[C@H](N(C)c2cccc3c2CNCC3)C1. The van der Waals surface area contributed by atoms with Gasteiger partial charge in [-0.25, -0.2) is 0 Å². The second kappa shape index (κ2) is 7.99. The number of nitrogens with one attached hydrogen (secondary N) is 1. The predicted molar refractivity (Wildman–Crippen MR) is 96.4 cm³/mol. The van der Waals surface area contributed by atoms with Crippen molar-refractivity contribution in [1.29, 1.82) is 0 Å². The van der Waals surface area contributed by atoms with Crippen LogP contribution < -0.4 is 10.2 Å². The van der Waals surface area contributed by atoms with Crippen LogP contribution in [-0.4, -0.2) is 57.2 Å². The maximum atomic E-state index is 12.3. The molecular formula is C19H29N3O2. The number of methoxy groups -OCH3 is 1. The zero-order valence-corrected chi connectivity index (χ0v) is 14.9. The zero-order valence-electron chi connectivity index (χ0n) is 14.9. The van der Waals surface area contributed by atoms with E-state index >= 15 is 0 Å². The number of nitrogens with zero attached hydrogens (tertiary/aromatic N) is 2. The van der Waals surface area contributed by atoms with Crippen molar-refractivity contribution in [2.24, 2.45) is 0 Å². The van der Waals surface area contributed by atoms with Gasteiger partial charge >= 0.3 is 0 Å². The number of carbonyl (C=O) groups excluding carboxylic acids is 1. The maximum absolute atomic E-state index is 12.3. The monoisotopic (exact) mass is 331 g/mol. The second-order valence-electron chi connectivity index (χ2n) is 6.83. The highest BCUT2D eigenvalue weighted by Crippen LogP contribution is 2.29. The van der Waals surface area contributed by atoms with Crippen LogP contribution in [-0.2, 0) is 22.5 Å². The first-order chi connectivity index (χ1) is 11.7. The first-order valence-corrected chi connectivity index (χ1v) is 9.01. The highest BCUT2D eigenvalue weighted by atomic mass is 16.5. The number of fused-ring (bicyclic) bond motifs is 1. The average molecular weight is 331 g/mol. The molecule has 1 N–H and O–H groups in total. The molecule has 132 valence electrons. The molecule has 0 aliphatic carbocycles. The smallest absolute Gasteiger partial charge is 0.222 e. The largest absolute Gasteiger partial charge is 0.385 e. The van der Waals surface area contributed by atoms with E-state index in [1.54, 1.807) is 7.11 Å². The summed E-state index contributed by atoms with van der Waals surface area (Å²) in [5, 5.41) is 3.48. The Morgan fingerprint density at radius 2 is 2.33 bits per heavy atom. The van der Waals surface area contributed by atoms with Gasteiger partial charge in [-0.1, -0.05) is 12.1 Å². The number of hydrogen-bond donors (Lipinski definition) is 1. The lowest BCUT2D eigenvalue weighted by atomic mass is 9.98. The summed E-state index contributed by atoms with van der Waals surface area (Å²) < 4.78 is 5.04. The zero-order chi connectivity index (χ0) is 16.9. The number of carbonyl (C=O) groups is 1. The summed E-state index contributed by atoms with van der Waals surface area (Å²) in [6.07, 6.45) is 3.55. The van der Waals surface area contributed by atoms with Crippen LogP contribution in [0.25, 0.3) is 0 Å². The molecule has 1 atom stereocenters. The Hall–Kier alpha value is -1.59. The fraction of sp³-hybridized carbons (Fsp3) is 0.632. The van der Waals surface area contributed by atoms with Crippen LogP contribution in [0.15, 0.2) is 18.2 Å². The molecule has 2 aliphatic heterocycles. The molecule has 3 rings (SSSR count). The molecule has 5 heteroatoms. The number of anilines is 1. The summed E-state index contributed by atoms with van der Waals surface area (Å²) in [4.78, 5) is 16.7. The highest BCUT2D eigenvalue weighted by molar-refractivity contribution is 5.76. The second-order valence-corrected chi connectivity index (χ2v) is 6.83. The number of likely N-dealkylation sites (N-methyl/N-ethyl adjacent to an activating group) is 1. The summed E-state index contributed by atoms with van der Waals surface area (Å²) >= 11 is 0. The minimum atomic E-state index is 0.264. The van der Waals surface area contributed by atoms with Gasteiger partial charge in [-0.2, -0.15) is 0 Å². The Balaban J connectivity index is 1.63. The Morgan fingerprint density at radius 3 is 3.17 bits per heavy atom. The van der Waals surface area contributed by atoms with E-state index in [-0.39, 0.29) is 5.91 Å². The normalized spacial score (nSPS) is 20.1. The lowest BCUT2D eigenvalue weighted by molar-refractivity contribution is -0.130. The number of amides is 1. The third-order valence-corrected chi connectivity index (χ3v) is 5.30. The Morgan fingerprint density at radius 1 is 1.46 bits per heavy atom. The van der Waals surface area contributed by atoms with Gasteiger partial charge in [-0.3, -0.25) is 4.79 Å². The number of hydrogen-bond acceptors (Lipinski definition) is 4. The molecule has 1 saturated heterocycles. The van der Waals surface area contributed by atoms with E-state index in [9.17, 15) is 4.79 Å². The quantitative estimate of drug-likeness (QED) is 0.808. The van der Waals surface area contributed by atoms with Crippen LogP contribution in [0.2, 0.25) is 0 Å². The Kier molecular flexibility index (Phi) is 5.74. The molecule has 2 heterocycles. The first-order valence-electron chi connectivity index (χ1n) is 9.01. The summed E-state index contributed by atoms with van der Waals surface area (Å²) in [5.41, 5.74) is 4.21. The highest BCUT2D eigenvalue weighted by Gasteiger charge is 2.30. The van der Waals surface area contributed by atoms with Gasteiger partial charge in [-0.05, 0) is 43.0 Å². The van der Waals surface area contributed by atoms with Gasteiger partial charge < -0.3 is 19.9 Å². The molecule has 0 radical (unpaired) electrons. The van der Waals surface area contributed by atoms with Crippen molar-refractivity contribution in [1.82, 2.24) is 10.2 Å². The molecule has 0 bridgehead atoms. The van der Waals surface area contributed by atoms with Crippen molar-refractivity contribution in [3.8, 4) is 0 Å². The van der Waals surface area contributed by atoms with E-state index in [1.807, 2.05) is 4.90 Å². The molecule has 0 aromatic heterocycles. The maximum Gasteiger partial charge on any atom is 0.222 e. The van der Waals surface area contributed by atoms with Crippen molar-refractivity contribution >= 4 is 11.6 Å². The molecular weight excluding hydrogens is 302 g/mol. The molecule has 24 heavy (non-hydrogen) atoms. The van der Waals surface area contributed by atoms with Gasteiger partial charge in [0.2, 0.25) is 5.91 Å². The van der Waals surface area contributed by atoms with Crippen molar-refractivity contribution in [2.45, 2.75) is 38.3 Å². The molecule has 0 spiro atoms. The van der Waals surface area contributed by atoms with Crippen LogP contribution in [0, 0.1) is 0 Å². The number of likely N-dealkylation sites (tertiary alicyclic amines) is 1. The Bertz CT molecular complexity index is 576. The van der Waals surface area contributed by atoms with Gasteiger partial charge in [0.1, 0.15) is 0 Å². The minimum absolute atomic E-state index is 0.264. The molecule has 2 aliphatic rings. The standard InChI is InChI=1S/C19H29N3O2/c1-21(18-6-3-5-15-8-10-20-13-17(15)18)16-9-11-22(14-16)19(23)7-4-12-24-2/h3,5-6,16,20H,4,7-14H2,1-2H3/t16-/m0/s1. The molecule has 1 aromatic carbocycles. The van der Waals surface area contributed by atoms with E-state index in [0.29, 0.717) is 19.1 Å². The fourth-order valence-electron chi connectivity index (χ4n) is 3.83. The van der Waals surface area contributed by atoms with Crippen LogP contribution in [0.5, 0.6) is 0 Å². The van der Waals surface area contributed by atoms with E-state index in [2.05, 4.69) is 35.5 Å². The molecule has 5 nitrogen and oxygen atoms in total. The van der Waals surface area contributed by atoms with Crippen LogP contribution in [0.4, 0.5) is 5.69 Å². The van der Waals surface area contributed by atoms with Crippen molar-refractivity contribution in [2.75, 3.05) is 45.3 Å². The van der Waals surface area contributed by atoms with Crippen molar-refractivity contribution < 1.29 is 9.53 Å². The van der Waals surface area contributed by atoms with Gasteiger partial charge in [0.15, 0.2) is 0 Å². The number of ether oxygens (including phenoxy) is 1. The van der Waals surface area contributed by atoms with Crippen molar-refractivity contribution in [3.05, 3.63) is 29.3 Å². The van der Waals surface area contributed by atoms with Crippen LogP contribution in [0.1, 0.15) is 30.4 Å². The number of rotatable bonds is 6. The lowest BCUT2D eigenvalue weighted by Crippen LogP contribution is -2.38. The van der Waals surface area contributed by atoms with E-state index in [0.717, 1.165) is 45.4 Å². The molecule has 0 saturated carbocycles. The van der Waals surface area contributed by atoms with E-state index < -0.39 is 0 Å². The van der Waals surface area contributed by atoms with E-state index in [4.69, 9.17) is 4.74 Å². The predicted octanol–water partition coefficient (Wildman–Crippen LogP) is 1.80. The summed E-state index contributed by atoms with van der Waals surface area (Å²) in [6.45, 7) is 4.37. The first kappa shape index (κ1) is 17.2. The minimum Gasteiger partial charge on any atom is -0.385 e. The molecule has 1 amide bonds. The summed E-state index contributed by atoms with van der Waals surface area (Å²) in [6, 6.07) is 7.03. The molecule has 0 unspecified atom stereocenters. The Labute approximate surface area is 145 Å². The molecule has 1 fully saturated rings.